The Morgan fingerprint density at radius 3 is 2.93 bits per heavy atom. The number of ether oxygens (including phenoxy) is 1. The highest BCUT2D eigenvalue weighted by Gasteiger charge is 2.18. The number of carbonyl (C=O) groups is 1. The number of benzene rings is 1. The summed E-state index contributed by atoms with van der Waals surface area (Å²) in [6, 6.07) is 8.44. The molecular weight excluding hydrogens is 192 g/mol. The van der Waals surface area contributed by atoms with Crippen LogP contribution in [0.2, 0.25) is 0 Å². The standard InChI is InChI=1S/C11H14N2O2/c12-11(14)15-7-10-5-8-3-1-2-4-9(8)6-13-10/h1-4,10,13H,5-7H2,(H2,12,14)/t10-/m1/s1. The SMILES string of the molecule is NC(=O)OC[C@H]1Cc2ccccc2CN1. The lowest BCUT2D eigenvalue weighted by molar-refractivity contribution is 0.141. The van der Waals surface area contributed by atoms with Gasteiger partial charge in [0.05, 0.1) is 0 Å². The van der Waals surface area contributed by atoms with E-state index in [-0.39, 0.29) is 6.04 Å². The normalized spacial score (nSPS) is 19.3. The van der Waals surface area contributed by atoms with Crippen molar-refractivity contribution in [2.24, 2.45) is 5.73 Å². The maximum atomic E-state index is 10.5. The van der Waals surface area contributed by atoms with Gasteiger partial charge < -0.3 is 15.8 Å². The number of nitrogens with two attached hydrogens (primary N) is 1. The Balaban J connectivity index is 1.96. The molecule has 0 saturated heterocycles. The molecule has 4 nitrogen and oxygen atoms in total. The summed E-state index contributed by atoms with van der Waals surface area (Å²) in [5.41, 5.74) is 7.54. The molecule has 0 saturated carbocycles. The zero-order valence-electron chi connectivity index (χ0n) is 8.40. The molecule has 1 heterocycles. The third-order valence-corrected chi connectivity index (χ3v) is 2.59. The van der Waals surface area contributed by atoms with Crippen molar-refractivity contribution in [2.75, 3.05) is 6.61 Å². The summed E-state index contributed by atoms with van der Waals surface area (Å²) in [7, 11) is 0. The first-order valence-electron chi connectivity index (χ1n) is 4.98. The van der Waals surface area contributed by atoms with Crippen LogP contribution >= 0.6 is 0 Å². The van der Waals surface area contributed by atoms with Crippen LogP contribution in [0.4, 0.5) is 4.79 Å². The summed E-state index contributed by atoms with van der Waals surface area (Å²) in [6.07, 6.45) is 0.166. The van der Waals surface area contributed by atoms with Crippen LogP contribution in [-0.2, 0) is 17.7 Å². The Kier molecular flexibility index (Phi) is 2.87. The van der Waals surface area contributed by atoms with Crippen molar-refractivity contribution in [3.63, 3.8) is 0 Å². The Morgan fingerprint density at radius 1 is 1.47 bits per heavy atom. The van der Waals surface area contributed by atoms with Gasteiger partial charge in [-0.3, -0.25) is 0 Å². The largest absolute Gasteiger partial charge is 0.448 e. The molecule has 0 spiro atoms. The molecule has 0 bridgehead atoms. The molecule has 1 aliphatic heterocycles. The van der Waals surface area contributed by atoms with Crippen LogP contribution in [0.3, 0.4) is 0 Å². The number of primary amides is 1. The van der Waals surface area contributed by atoms with Gasteiger partial charge in [0.2, 0.25) is 0 Å². The third-order valence-electron chi connectivity index (χ3n) is 2.59. The van der Waals surface area contributed by atoms with E-state index in [1.807, 2.05) is 12.1 Å². The molecule has 1 aromatic rings. The summed E-state index contributed by atoms with van der Waals surface area (Å²) in [5.74, 6) is 0. The Hall–Kier alpha value is -1.55. The lowest BCUT2D eigenvalue weighted by Gasteiger charge is -2.25. The number of nitrogens with one attached hydrogen (secondary N) is 1. The molecule has 0 aliphatic carbocycles. The zero-order chi connectivity index (χ0) is 10.7. The molecule has 80 valence electrons. The van der Waals surface area contributed by atoms with Gasteiger partial charge >= 0.3 is 6.09 Å². The molecular formula is C11H14N2O2. The van der Waals surface area contributed by atoms with Crippen LogP contribution in [0.5, 0.6) is 0 Å². The van der Waals surface area contributed by atoms with Crippen molar-refractivity contribution >= 4 is 6.09 Å². The summed E-state index contributed by atoms with van der Waals surface area (Å²) >= 11 is 0. The highest BCUT2D eigenvalue weighted by Crippen LogP contribution is 2.16. The molecule has 1 amide bonds. The number of fused-ring (bicyclic) bond motifs is 1. The minimum atomic E-state index is -0.712. The van der Waals surface area contributed by atoms with Crippen molar-refractivity contribution in [1.82, 2.24) is 5.32 Å². The molecule has 0 unspecified atom stereocenters. The summed E-state index contributed by atoms with van der Waals surface area (Å²) in [5, 5.41) is 3.30. The van der Waals surface area contributed by atoms with E-state index in [1.165, 1.54) is 11.1 Å². The molecule has 1 aromatic carbocycles. The van der Waals surface area contributed by atoms with Crippen molar-refractivity contribution in [1.29, 1.82) is 0 Å². The predicted octanol–water partition coefficient (Wildman–Crippen LogP) is 0.796. The monoisotopic (exact) mass is 206 g/mol. The number of hydrogen-bond donors (Lipinski definition) is 2. The maximum Gasteiger partial charge on any atom is 0.404 e. The van der Waals surface area contributed by atoms with E-state index in [1.54, 1.807) is 0 Å². The molecule has 2 rings (SSSR count). The van der Waals surface area contributed by atoms with Crippen molar-refractivity contribution in [3.05, 3.63) is 35.4 Å². The quantitative estimate of drug-likeness (QED) is 0.752. The van der Waals surface area contributed by atoms with Gasteiger partial charge in [0.25, 0.3) is 0 Å². The highest BCUT2D eigenvalue weighted by atomic mass is 16.5. The molecule has 15 heavy (non-hydrogen) atoms. The first-order chi connectivity index (χ1) is 7.25. The Bertz CT molecular complexity index is 365. The summed E-state index contributed by atoms with van der Waals surface area (Å²) in [6.45, 7) is 1.16. The second-order valence-electron chi connectivity index (χ2n) is 3.68. The fraction of sp³-hybridized carbons (Fsp3) is 0.364. The fourth-order valence-electron chi connectivity index (χ4n) is 1.82. The molecule has 3 N–H and O–H groups in total. The van der Waals surface area contributed by atoms with E-state index < -0.39 is 6.09 Å². The van der Waals surface area contributed by atoms with Crippen LogP contribution in [-0.4, -0.2) is 18.7 Å². The first kappa shape index (κ1) is 9.98. The van der Waals surface area contributed by atoms with E-state index in [0.29, 0.717) is 6.61 Å². The minimum absolute atomic E-state index is 0.174. The van der Waals surface area contributed by atoms with Gasteiger partial charge in [-0.2, -0.15) is 0 Å². The van der Waals surface area contributed by atoms with Crippen molar-refractivity contribution in [3.8, 4) is 0 Å². The first-order valence-corrected chi connectivity index (χ1v) is 4.98. The summed E-state index contributed by atoms with van der Waals surface area (Å²) < 4.78 is 4.77. The number of carbonyl (C=O) groups excluding carboxylic acids is 1. The number of hydrogen-bond acceptors (Lipinski definition) is 3. The molecule has 0 fully saturated rings. The number of rotatable bonds is 2. The Labute approximate surface area is 88.4 Å². The van der Waals surface area contributed by atoms with Crippen molar-refractivity contribution < 1.29 is 9.53 Å². The van der Waals surface area contributed by atoms with Crippen LogP contribution < -0.4 is 11.1 Å². The van der Waals surface area contributed by atoms with Gasteiger partial charge in [0, 0.05) is 12.6 Å². The van der Waals surface area contributed by atoms with Crippen LogP contribution in [0.1, 0.15) is 11.1 Å². The van der Waals surface area contributed by atoms with Gasteiger partial charge in [-0.05, 0) is 17.5 Å². The van der Waals surface area contributed by atoms with E-state index in [2.05, 4.69) is 17.4 Å². The molecule has 4 heteroatoms. The average molecular weight is 206 g/mol. The van der Waals surface area contributed by atoms with E-state index in [0.717, 1.165) is 13.0 Å². The second kappa shape index (κ2) is 4.31. The highest BCUT2D eigenvalue weighted by molar-refractivity contribution is 5.64. The van der Waals surface area contributed by atoms with Gasteiger partial charge in [-0.1, -0.05) is 24.3 Å². The third kappa shape index (κ3) is 2.47. The predicted molar refractivity (Wildman–Crippen MR) is 56.3 cm³/mol. The van der Waals surface area contributed by atoms with Crippen LogP contribution in [0.25, 0.3) is 0 Å². The zero-order valence-corrected chi connectivity index (χ0v) is 8.40. The smallest absolute Gasteiger partial charge is 0.404 e. The topological polar surface area (TPSA) is 64.4 Å². The van der Waals surface area contributed by atoms with Crippen LogP contribution in [0, 0.1) is 0 Å². The summed E-state index contributed by atoms with van der Waals surface area (Å²) in [4.78, 5) is 10.5. The Morgan fingerprint density at radius 2 is 2.20 bits per heavy atom. The van der Waals surface area contributed by atoms with E-state index in [4.69, 9.17) is 10.5 Å². The van der Waals surface area contributed by atoms with Crippen molar-refractivity contribution in [2.45, 2.75) is 19.0 Å². The van der Waals surface area contributed by atoms with Gasteiger partial charge in [0.1, 0.15) is 6.61 Å². The lowest BCUT2D eigenvalue weighted by Crippen LogP contribution is -2.40. The van der Waals surface area contributed by atoms with Gasteiger partial charge in [0.15, 0.2) is 0 Å². The van der Waals surface area contributed by atoms with Crippen LogP contribution in [0.15, 0.2) is 24.3 Å². The van der Waals surface area contributed by atoms with Gasteiger partial charge in [-0.25, -0.2) is 4.79 Å². The van der Waals surface area contributed by atoms with Gasteiger partial charge in [-0.15, -0.1) is 0 Å². The number of amides is 1. The second-order valence-corrected chi connectivity index (χ2v) is 3.68. The minimum Gasteiger partial charge on any atom is -0.448 e. The fourth-order valence-corrected chi connectivity index (χ4v) is 1.82. The van der Waals surface area contributed by atoms with E-state index in [9.17, 15) is 4.79 Å². The van der Waals surface area contributed by atoms with E-state index >= 15 is 0 Å². The average Bonchev–Trinajstić information content (AvgIpc) is 2.26. The molecule has 0 aromatic heterocycles. The molecule has 1 atom stereocenters. The molecule has 0 radical (unpaired) electrons. The molecule has 1 aliphatic rings. The maximum absolute atomic E-state index is 10.5. The lowest BCUT2D eigenvalue weighted by atomic mass is 9.96.